The van der Waals surface area contributed by atoms with E-state index in [0.717, 1.165) is 0 Å². The van der Waals surface area contributed by atoms with E-state index in [0.29, 0.717) is 11.8 Å². The summed E-state index contributed by atoms with van der Waals surface area (Å²) < 4.78 is 0. The average molecular weight is 236 g/mol. The second-order valence-corrected chi connectivity index (χ2v) is 5.90. The molecule has 0 aliphatic heterocycles. The number of benzene rings is 2. The molecule has 0 N–H and O–H groups in total. The van der Waals surface area contributed by atoms with Gasteiger partial charge in [0.1, 0.15) is 0 Å². The molecule has 0 heteroatoms. The summed E-state index contributed by atoms with van der Waals surface area (Å²) >= 11 is 0. The average Bonchev–Trinajstić information content (AvgIpc) is 2.65. The minimum atomic E-state index is 0.602. The van der Waals surface area contributed by atoms with Gasteiger partial charge in [0.2, 0.25) is 0 Å². The highest BCUT2D eigenvalue weighted by Crippen LogP contribution is 2.43. The Kier molecular flexibility index (Phi) is 2.55. The summed E-state index contributed by atoms with van der Waals surface area (Å²) in [5.74, 6) is 1.27. The van der Waals surface area contributed by atoms with Crippen LogP contribution in [0.4, 0.5) is 0 Å². The molecule has 0 saturated carbocycles. The molecule has 0 spiro atoms. The Morgan fingerprint density at radius 1 is 1.00 bits per heavy atom. The van der Waals surface area contributed by atoms with Crippen LogP contribution in [0, 0.1) is 12.8 Å². The molecular formula is C18H20. The smallest absolute Gasteiger partial charge is 0.00779 e. The lowest BCUT2D eigenvalue weighted by atomic mass is 9.85. The van der Waals surface area contributed by atoms with Crippen LogP contribution in [0.2, 0.25) is 0 Å². The molecule has 18 heavy (non-hydrogen) atoms. The Morgan fingerprint density at radius 3 is 2.44 bits per heavy atom. The standard InChI is InChI=1S/C18H20/c1-11(2)18-13(4)10-17-15(18)8-7-14-6-5-12(3)9-16(14)17/h5-11,18H,1-4H3. The zero-order chi connectivity index (χ0) is 12.9. The summed E-state index contributed by atoms with van der Waals surface area (Å²) in [4.78, 5) is 0. The third-order valence-corrected chi connectivity index (χ3v) is 4.12. The summed E-state index contributed by atoms with van der Waals surface area (Å²) in [7, 11) is 0. The van der Waals surface area contributed by atoms with Gasteiger partial charge in [-0.25, -0.2) is 0 Å². The topological polar surface area (TPSA) is 0 Å². The zero-order valence-corrected chi connectivity index (χ0v) is 11.6. The molecule has 1 unspecified atom stereocenters. The predicted octanol–water partition coefficient (Wildman–Crippen LogP) is 5.30. The molecule has 1 aliphatic rings. The van der Waals surface area contributed by atoms with E-state index in [4.69, 9.17) is 0 Å². The minimum Gasteiger partial charge on any atom is -0.0649 e. The van der Waals surface area contributed by atoms with Crippen molar-refractivity contribution in [1.29, 1.82) is 0 Å². The Bertz CT molecular complexity index is 644. The highest BCUT2D eigenvalue weighted by molar-refractivity contribution is 5.94. The Labute approximate surface area is 109 Å². The fourth-order valence-corrected chi connectivity index (χ4v) is 3.35. The van der Waals surface area contributed by atoms with Gasteiger partial charge in [0.15, 0.2) is 0 Å². The van der Waals surface area contributed by atoms with Crippen LogP contribution in [-0.2, 0) is 0 Å². The van der Waals surface area contributed by atoms with Gasteiger partial charge >= 0.3 is 0 Å². The molecule has 2 aromatic carbocycles. The van der Waals surface area contributed by atoms with Gasteiger partial charge in [0.25, 0.3) is 0 Å². The van der Waals surface area contributed by atoms with E-state index in [9.17, 15) is 0 Å². The first-order chi connectivity index (χ1) is 8.58. The lowest BCUT2D eigenvalue weighted by molar-refractivity contribution is 0.563. The van der Waals surface area contributed by atoms with Gasteiger partial charge in [-0.15, -0.1) is 0 Å². The molecule has 1 aliphatic carbocycles. The molecule has 0 amide bonds. The summed E-state index contributed by atoms with van der Waals surface area (Å²) in [6.45, 7) is 9.08. The fraction of sp³-hybridized carbons (Fsp3) is 0.333. The van der Waals surface area contributed by atoms with Crippen LogP contribution in [0.5, 0.6) is 0 Å². The number of allylic oxidation sites excluding steroid dienone is 1. The van der Waals surface area contributed by atoms with Crippen LogP contribution in [0.15, 0.2) is 35.9 Å². The lowest BCUT2D eigenvalue weighted by Crippen LogP contribution is -2.05. The molecule has 2 aromatic rings. The fourth-order valence-electron chi connectivity index (χ4n) is 3.35. The first-order valence-corrected chi connectivity index (χ1v) is 6.79. The van der Waals surface area contributed by atoms with E-state index in [2.05, 4.69) is 64.1 Å². The third-order valence-electron chi connectivity index (χ3n) is 4.12. The molecule has 0 saturated heterocycles. The first kappa shape index (κ1) is 11.5. The maximum Gasteiger partial charge on any atom is 0.00779 e. The number of fused-ring (bicyclic) bond motifs is 3. The van der Waals surface area contributed by atoms with Crippen LogP contribution < -0.4 is 0 Å². The van der Waals surface area contributed by atoms with Gasteiger partial charge in [-0.2, -0.15) is 0 Å². The highest BCUT2D eigenvalue weighted by Gasteiger charge is 2.26. The number of aryl methyl sites for hydroxylation is 1. The van der Waals surface area contributed by atoms with Crippen LogP contribution >= 0.6 is 0 Å². The molecule has 0 bridgehead atoms. The second-order valence-electron chi connectivity index (χ2n) is 5.90. The molecule has 3 rings (SSSR count). The van der Waals surface area contributed by atoms with Crippen LogP contribution in [0.3, 0.4) is 0 Å². The third kappa shape index (κ3) is 1.59. The van der Waals surface area contributed by atoms with Crippen molar-refractivity contribution in [2.45, 2.75) is 33.6 Å². The molecule has 0 radical (unpaired) electrons. The molecule has 1 atom stereocenters. The minimum absolute atomic E-state index is 0.602. The van der Waals surface area contributed by atoms with E-state index >= 15 is 0 Å². The van der Waals surface area contributed by atoms with Crippen LogP contribution in [0.1, 0.15) is 43.4 Å². The predicted molar refractivity (Wildman–Crippen MR) is 79.9 cm³/mol. The van der Waals surface area contributed by atoms with Crippen LogP contribution in [0.25, 0.3) is 16.8 Å². The number of hydrogen-bond donors (Lipinski definition) is 0. The van der Waals surface area contributed by atoms with Crippen molar-refractivity contribution in [3.63, 3.8) is 0 Å². The largest absolute Gasteiger partial charge is 0.0649 e. The normalized spacial score (nSPS) is 18.3. The lowest BCUT2D eigenvalue weighted by Gasteiger charge is -2.19. The summed E-state index contributed by atoms with van der Waals surface area (Å²) in [6, 6.07) is 11.3. The van der Waals surface area contributed by atoms with Gasteiger partial charge in [-0.05, 0) is 41.7 Å². The monoisotopic (exact) mass is 236 g/mol. The van der Waals surface area contributed by atoms with E-state index in [-0.39, 0.29) is 0 Å². The summed E-state index contributed by atoms with van der Waals surface area (Å²) in [5, 5.41) is 2.77. The second kappa shape index (κ2) is 3.98. The Balaban J connectivity index is 2.31. The van der Waals surface area contributed by atoms with Crippen molar-refractivity contribution in [2.75, 3.05) is 0 Å². The molecule has 0 fully saturated rings. The van der Waals surface area contributed by atoms with Crippen molar-refractivity contribution in [2.24, 2.45) is 5.92 Å². The zero-order valence-electron chi connectivity index (χ0n) is 11.6. The van der Waals surface area contributed by atoms with Crippen LogP contribution in [-0.4, -0.2) is 0 Å². The summed E-state index contributed by atoms with van der Waals surface area (Å²) in [6.07, 6.45) is 2.39. The van der Waals surface area contributed by atoms with E-state index < -0.39 is 0 Å². The van der Waals surface area contributed by atoms with Gasteiger partial charge < -0.3 is 0 Å². The highest BCUT2D eigenvalue weighted by atomic mass is 14.3. The van der Waals surface area contributed by atoms with Crippen molar-refractivity contribution >= 4 is 16.8 Å². The Hall–Kier alpha value is -1.56. The SMILES string of the molecule is CC1=Cc2c(ccc3ccc(C)cc23)C1C(C)C. The van der Waals surface area contributed by atoms with E-state index in [1.54, 1.807) is 0 Å². The van der Waals surface area contributed by atoms with E-state index in [1.807, 2.05) is 0 Å². The van der Waals surface area contributed by atoms with Gasteiger partial charge in [0.05, 0.1) is 0 Å². The Morgan fingerprint density at radius 2 is 1.72 bits per heavy atom. The van der Waals surface area contributed by atoms with E-state index in [1.165, 1.54) is 33.0 Å². The molecule has 0 heterocycles. The van der Waals surface area contributed by atoms with Gasteiger partial charge in [0, 0.05) is 5.92 Å². The van der Waals surface area contributed by atoms with Crippen molar-refractivity contribution in [3.05, 3.63) is 52.6 Å². The number of hydrogen-bond acceptors (Lipinski definition) is 0. The quantitative estimate of drug-likeness (QED) is 0.630. The van der Waals surface area contributed by atoms with Crippen molar-refractivity contribution in [3.8, 4) is 0 Å². The number of rotatable bonds is 1. The molecule has 92 valence electrons. The summed E-state index contributed by atoms with van der Waals surface area (Å²) in [5.41, 5.74) is 5.82. The molecule has 0 nitrogen and oxygen atoms in total. The molecular weight excluding hydrogens is 216 g/mol. The van der Waals surface area contributed by atoms with Crippen molar-refractivity contribution in [1.82, 2.24) is 0 Å². The van der Waals surface area contributed by atoms with Gasteiger partial charge in [-0.1, -0.05) is 61.4 Å². The van der Waals surface area contributed by atoms with Crippen molar-refractivity contribution < 1.29 is 0 Å². The van der Waals surface area contributed by atoms with Gasteiger partial charge in [-0.3, -0.25) is 0 Å². The maximum absolute atomic E-state index is 2.39. The first-order valence-electron chi connectivity index (χ1n) is 6.79. The maximum atomic E-state index is 2.39. The molecule has 0 aromatic heterocycles.